The molecule has 3 fully saturated rings. The molecule has 6 nitrogen and oxygen atoms in total. The molecule has 29 heavy (non-hydrogen) atoms. The van der Waals surface area contributed by atoms with Gasteiger partial charge in [-0.2, -0.15) is 5.10 Å². The molecule has 0 radical (unpaired) electrons. The Balaban J connectivity index is 1.41. The van der Waals surface area contributed by atoms with Crippen LogP contribution in [-0.2, 0) is 17.3 Å². The molecule has 3 aliphatic carbocycles. The monoisotopic (exact) mass is 391 g/mol. The van der Waals surface area contributed by atoms with Crippen molar-refractivity contribution in [2.75, 3.05) is 5.32 Å². The van der Waals surface area contributed by atoms with E-state index in [9.17, 15) is 9.18 Å². The van der Waals surface area contributed by atoms with E-state index in [0.717, 1.165) is 48.5 Å². The van der Waals surface area contributed by atoms with Crippen molar-refractivity contribution in [1.82, 2.24) is 19.7 Å². The van der Waals surface area contributed by atoms with Crippen LogP contribution in [0.5, 0.6) is 0 Å². The first-order valence-electron chi connectivity index (χ1n) is 9.86. The molecule has 0 aliphatic heterocycles. The Bertz CT molecular complexity index is 1090. The molecule has 148 valence electrons. The van der Waals surface area contributed by atoms with E-state index < -0.39 is 5.82 Å². The van der Waals surface area contributed by atoms with Gasteiger partial charge in [0.1, 0.15) is 0 Å². The van der Waals surface area contributed by atoms with Crippen molar-refractivity contribution in [3.8, 4) is 11.4 Å². The van der Waals surface area contributed by atoms with E-state index in [2.05, 4.69) is 20.4 Å². The number of hydrogen-bond acceptors (Lipinski definition) is 4. The molecule has 2 bridgehead atoms. The van der Waals surface area contributed by atoms with E-state index in [1.807, 2.05) is 42.9 Å². The SMILES string of the molecule is Cc1ccc(NC(=O)C2[C@H]3CC[C@]2(c2ccnn2C)C3)cc1-c1ncc(F)cn1. The second kappa shape index (κ2) is 6.47. The third kappa shape index (κ3) is 2.75. The summed E-state index contributed by atoms with van der Waals surface area (Å²) in [7, 11) is 1.94. The molecule has 1 aromatic carbocycles. The Hall–Kier alpha value is -3.09. The zero-order chi connectivity index (χ0) is 20.2. The van der Waals surface area contributed by atoms with Crippen LogP contribution in [0.4, 0.5) is 10.1 Å². The van der Waals surface area contributed by atoms with Crippen molar-refractivity contribution in [1.29, 1.82) is 0 Å². The lowest BCUT2D eigenvalue weighted by Crippen LogP contribution is -2.51. The molecule has 3 aliphatic rings. The molecule has 3 saturated carbocycles. The molecule has 3 atom stereocenters. The van der Waals surface area contributed by atoms with Crippen LogP contribution >= 0.6 is 0 Å². The van der Waals surface area contributed by atoms with Gasteiger partial charge in [0, 0.05) is 35.6 Å². The lowest BCUT2D eigenvalue weighted by atomic mass is 9.58. The lowest BCUT2D eigenvalue weighted by Gasteiger charge is -2.46. The maximum Gasteiger partial charge on any atom is 0.228 e. The first-order chi connectivity index (χ1) is 14.0. The fourth-order valence-corrected chi connectivity index (χ4v) is 5.30. The number of anilines is 1. The maximum absolute atomic E-state index is 13.2. The molecule has 2 aromatic heterocycles. The van der Waals surface area contributed by atoms with Crippen LogP contribution < -0.4 is 5.32 Å². The van der Waals surface area contributed by atoms with Gasteiger partial charge in [-0.05, 0) is 55.9 Å². The van der Waals surface area contributed by atoms with Crippen molar-refractivity contribution >= 4 is 11.6 Å². The van der Waals surface area contributed by atoms with Gasteiger partial charge in [0.15, 0.2) is 11.6 Å². The number of carbonyl (C=O) groups excluding carboxylic acids is 1. The summed E-state index contributed by atoms with van der Waals surface area (Å²) in [6, 6.07) is 7.71. The predicted octanol–water partition coefficient (Wildman–Crippen LogP) is 3.63. The minimum absolute atomic E-state index is 0.0373. The zero-order valence-electron chi connectivity index (χ0n) is 16.4. The summed E-state index contributed by atoms with van der Waals surface area (Å²) in [5, 5.41) is 7.42. The molecule has 1 N–H and O–H groups in total. The van der Waals surface area contributed by atoms with E-state index in [-0.39, 0.29) is 17.2 Å². The Morgan fingerprint density at radius 2 is 2.07 bits per heavy atom. The highest BCUT2D eigenvalue weighted by atomic mass is 19.1. The van der Waals surface area contributed by atoms with Crippen molar-refractivity contribution in [3.05, 3.63) is 59.9 Å². The zero-order valence-corrected chi connectivity index (χ0v) is 16.4. The molecule has 6 rings (SSSR count). The number of aryl methyl sites for hydroxylation is 2. The summed E-state index contributed by atoms with van der Waals surface area (Å²) in [6.07, 6.45) is 7.25. The Morgan fingerprint density at radius 1 is 1.28 bits per heavy atom. The van der Waals surface area contributed by atoms with E-state index in [1.54, 1.807) is 6.20 Å². The number of nitrogens with zero attached hydrogens (tertiary/aromatic N) is 4. The number of fused-ring (bicyclic) bond motifs is 1. The number of amides is 1. The number of halogens is 1. The van der Waals surface area contributed by atoms with Crippen molar-refractivity contribution in [2.45, 2.75) is 31.6 Å². The second-order valence-corrected chi connectivity index (χ2v) is 8.22. The van der Waals surface area contributed by atoms with Crippen molar-refractivity contribution in [3.63, 3.8) is 0 Å². The van der Waals surface area contributed by atoms with Crippen LogP contribution in [0, 0.1) is 24.6 Å². The minimum Gasteiger partial charge on any atom is -0.326 e. The summed E-state index contributed by atoms with van der Waals surface area (Å²) >= 11 is 0. The van der Waals surface area contributed by atoms with Gasteiger partial charge < -0.3 is 5.32 Å². The molecule has 3 aromatic rings. The maximum atomic E-state index is 13.2. The van der Waals surface area contributed by atoms with Gasteiger partial charge in [-0.1, -0.05) is 6.07 Å². The van der Waals surface area contributed by atoms with E-state index in [1.165, 1.54) is 0 Å². The average molecular weight is 391 g/mol. The van der Waals surface area contributed by atoms with Crippen LogP contribution in [0.1, 0.15) is 30.5 Å². The smallest absolute Gasteiger partial charge is 0.228 e. The fraction of sp³-hybridized carbons (Fsp3) is 0.364. The van der Waals surface area contributed by atoms with Gasteiger partial charge in [-0.3, -0.25) is 9.48 Å². The second-order valence-electron chi connectivity index (χ2n) is 8.22. The Morgan fingerprint density at radius 3 is 2.76 bits per heavy atom. The van der Waals surface area contributed by atoms with Gasteiger partial charge in [-0.25, -0.2) is 14.4 Å². The third-order valence-electron chi connectivity index (χ3n) is 6.63. The topological polar surface area (TPSA) is 72.7 Å². The third-order valence-corrected chi connectivity index (χ3v) is 6.63. The highest BCUT2D eigenvalue weighted by Crippen LogP contribution is 2.64. The molecule has 7 heteroatoms. The van der Waals surface area contributed by atoms with Gasteiger partial charge in [-0.15, -0.1) is 0 Å². The predicted molar refractivity (Wildman–Crippen MR) is 107 cm³/mol. The summed E-state index contributed by atoms with van der Waals surface area (Å²) in [6.45, 7) is 1.94. The highest BCUT2D eigenvalue weighted by molar-refractivity contribution is 5.95. The number of benzene rings is 1. The Kier molecular flexibility index (Phi) is 4.01. The van der Waals surface area contributed by atoms with Crippen LogP contribution in [0.3, 0.4) is 0 Å². The number of carbonyl (C=O) groups is 1. The van der Waals surface area contributed by atoms with E-state index >= 15 is 0 Å². The molecule has 1 amide bonds. The van der Waals surface area contributed by atoms with Gasteiger partial charge in [0.25, 0.3) is 0 Å². The summed E-state index contributed by atoms with van der Waals surface area (Å²) in [5.41, 5.74) is 3.49. The first-order valence-corrected chi connectivity index (χ1v) is 9.86. The van der Waals surface area contributed by atoms with Crippen molar-refractivity contribution in [2.24, 2.45) is 18.9 Å². The van der Waals surface area contributed by atoms with Crippen LogP contribution in [0.25, 0.3) is 11.4 Å². The normalized spacial score (nSPS) is 24.9. The fourth-order valence-electron chi connectivity index (χ4n) is 5.30. The molecule has 2 heterocycles. The largest absolute Gasteiger partial charge is 0.326 e. The number of nitrogens with one attached hydrogen (secondary N) is 1. The van der Waals surface area contributed by atoms with E-state index in [4.69, 9.17) is 0 Å². The van der Waals surface area contributed by atoms with Gasteiger partial charge >= 0.3 is 0 Å². The molecule has 0 spiro atoms. The van der Waals surface area contributed by atoms with Crippen LogP contribution in [-0.4, -0.2) is 25.7 Å². The number of aromatic nitrogens is 4. The van der Waals surface area contributed by atoms with Crippen LogP contribution in [0.2, 0.25) is 0 Å². The summed E-state index contributed by atoms with van der Waals surface area (Å²) in [5.74, 6) is 0.404. The first kappa shape index (κ1) is 18.0. The standard InChI is InChI=1S/C22H22FN5O/c1-13-3-4-16(9-17(13)20-24-11-15(23)12-25-20)27-21(29)19-14-5-7-22(19,10-14)18-6-8-26-28(18)2/h3-4,6,8-9,11-12,14,19H,5,7,10H2,1-2H3,(H,27,29)/t14-,19?,22+/m0/s1. The summed E-state index contributed by atoms with van der Waals surface area (Å²) in [4.78, 5) is 21.4. The highest BCUT2D eigenvalue weighted by Gasteiger charge is 2.63. The van der Waals surface area contributed by atoms with Crippen LogP contribution in [0.15, 0.2) is 42.9 Å². The number of rotatable bonds is 4. The summed E-state index contributed by atoms with van der Waals surface area (Å²) < 4.78 is 15.1. The molecule has 1 unspecified atom stereocenters. The molecular weight excluding hydrogens is 369 g/mol. The molecular formula is C22H22FN5O. The lowest BCUT2D eigenvalue weighted by molar-refractivity contribution is -0.127. The minimum atomic E-state index is -0.475. The average Bonchev–Trinajstić information content (AvgIpc) is 3.39. The van der Waals surface area contributed by atoms with E-state index in [0.29, 0.717) is 17.4 Å². The number of hydrogen-bond donors (Lipinski definition) is 1. The molecule has 0 saturated heterocycles. The van der Waals surface area contributed by atoms with Crippen molar-refractivity contribution < 1.29 is 9.18 Å². The quantitative estimate of drug-likeness (QED) is 0.737. The Labute approximate surface area is 168 Å². The van der Waals surface area contributed by atoms with Gasteiger partial charge in [0.2, 0.25) is 5.91 Å². The van der Waals surface area contributed by atoms with Gasteiger partial charge in [0.05, 0.1) is 18.3 Å².